The predicted molar refractivity (Wildman–Crippen MR) is 126 cm³/mol. The topological polar surface area (TPSA) is 98.5 Å². The largest absolute Gasteiger partial charge is 0.497 e. The molecule has 1 aliphatic rings. The molecule has 1 aliphatic heterocycles. The Morgan fingerprint density at radius 1 is 1.09 bits per heavy atom. The predicted octanol–water partition coefficient (Wildman–Crippen LogP) is 4.17. The summed E-state index contributed by atoms with van der Waals surface area (Å²) in [6.45, 7) is 1.39. The lowest BCUT2D eigenvalue weighted by Crippen LogP contribution is -2.23. The third kappa shape index (κ3) is 4.44. The van der Waals surface area contributed by atoms with E-state index in [4.69, 9.17) is 18.9 Å². The average molecular weight is 450 g/mol. The third-order valence-electron chi connectivity index (χ3n) is 5.96. The van der Waals surface area contributed by atoms with Crippen LogP contribution in [0.4, 0.5) is 0 Å². The third-order valence-corrected chi connectivity index (χ3v) is 5.96. The zero-order valence-corrected chi connectivity index (χ0v) is 18.8. The highest BCUT2D eigenvalue weighted by Gasteiger charge is 2.15. The van der Waals surface area contributed by atoms with Crippen molar-refractivity contribution in [2.24, 2.45) is 0 Å². The van der Waals surface area contributed by atoms with Crippen molar-refractivity contribution in [1.29, 1.82) is 0 Å². The first kappa shape index (κ1) is 21.5. The van der Waals surface area contributed by atoms with Crippen molar-refractivity contribution < 1.29 is 18.9 Å². The van der Waals surface area contributed by atoms with Crippen LogP contribution < -0.4 is 15.0 Å². The molecule has 8 heteroatoms. The highest BCUT2D eigenvalue weighted by atomic mass is 16.7. The van der Waals surface area contributed by atoms with Crippen molar-refractivity contribution in [3.8, 4) is 22.9 Å². The SMILES string of the molecule is COc1cc(OC)c2c(=O)[nH]c(-c3ccc4[nH]c(CCOC5CCCCO5)cc4c3)nc2c1. The van der Waals surface area contributed by atoms with E-state index in [0.29, 0.717) is 34.8 Å². The van der Waals surface area contributed by atoms with Gasteiger partial charge in [0, 0.05) is 47.3 Å². The van der Waals surface area contributed by atoms with Crippen LogP contribution in [-0.4, -0.2) is 48.7 Å². The fraction of sp³-hybridized carbons (Fsp3) is 0.360. The molecule has 172 valence electrons. The quantitative estimate of drug-likeness (QED) is 0.439. The van der Waals surface area contributed by atoms with Gasteiger partial charge in [-0.05, 0) is 43.5 Å². The number of benzene rings is 2. The van der Waals surface area contributed by atoms with E-state index in [9.17, 15) is 4.79 Å². The van der Waals surface area contributed by atoms with Gasteiger partial charge in [0.2, 0.25) is 0 Å². The molecule has 1 unspecified atom stereocenters. The average Bonchev–Trinajstić information content (AvgIpc) is 3.25. The van der Waals surface area contributed by atoms with Crippen LogP contribution in [-0.2, 0) is 15.9 Å². The van der Waals surface area contributed by atoms with Gasteiger partial charge in [0.25, 0.3) is 5.56 Å². The van der Waals surface area contributed by atoms with E-state index in [-0.39, 0.29) is 11.8 Å². The standard InChI is InChI=1S/C25H27N3O5/c1-30-18-13-20-23(21(14-18)31-2)25(29)28-24(27-20)15-6-7-19-16(11-15)12-17(26-19)8-10-33-22-5-3-4-9-32-22/h6-7,11-14,22,26H,3-5,8-10H2,1-2H3,(H,27,28,29). The summed E-state index contributed by atoms with van der Waals surface area (Å²) < 4.78 is 22.2. The minimum atomic E-state index is -0.258. The molecule has 1 saturated heterocycles. The zero-order chi connectivity index (χ0) is 22.8. The van der Waals surface area contributed by atoms with E-state index in [1.54, 1.807) is 19.2 Å². The lowest BCUT2D eigenvalue weighted by atomic mass is 10.1. The van der Waals surface area contributed by atoms with Crippen molar-refractivity contribution >= 4 is 21.8 Å². The molecule has 1 atom stereocenters. The summed E-state index contributed by atoms with van der Waals surface area (Å²) in [6, 6.07) is 11.5. The van der Waals surface area contributed by atoms with Crippen LogP contribution in [0.2, 0.25) is 0 Å². The van der Waals surface area contributed by atoms with E-state index in [0.717, 1.165) is 54.5 Å². The highest BCUT2D eigenvalue weighted by molar-refractivity contribution is 5.89. The van der Waals surface area contributed by atoms with Crippen molar-refractivity contribution in [2.45, 2.75) is 32.0 Å². The van der Waals surface area contributed by atoms with E-state index in [2.05, 4.69) is 21.0 Å². The van der Waals surface area contributed by atoms with Crippen LogP contribution in [0.1, 0.15) is 25.0 Å². The number of hydrogen-bond acceptors (Lipinski definition) is 6. The van der Waals surface area contributed by atoms with Gasteiger partial charge in [-0.15, -0.1) is 0 Å². The van der Waals surface area contributed by atoms with Gasteiger partial charge < -0.3 is 28.9 Å². The number of rotatable bonds is 7. The summed E-state index contributed by atoms with van der Waals surface area (Å²) >= 11 is 0. The number of ether oxygens (including phenoxy) is 4. The second-order valence-electron chi connectivity index (χ2n) is 8.15. The van der Waals surface area contributed by atoms with Crippen molar-refractivity contribution in [2.75, 3.05) is 27.4 Å². The zero-order valence-electron chi connectivity index (χ0n) is 18.8. The van der Waals surface area contributed by atoms with Crippen LogP contribution >= 0.6 is 0 Å². The molecule has 1 fully saturated rings. The summed E-state index contributed by atoms with van der Waals surface area (Å²) in [6.07, 6.45) is 3.93. The van der Waals surface area contributed by atoms with Crippen LogP contribution in [0.3, 0.4) is 0 Å². The summed E-state index contributed by atoms with van der Waals surface area (Å²) in [5, 5.41) is 1.44. The molecule has 3 heterocycles. The number of methoxy groups -OCH3 is 2. The molecule has 0 amide bonds. The van der Waals surface area contributed by atoms with E-state index in [1.165, 1.54) is 7.11 Å². The van der Waals surface area contributed by atoms with Gasteiger partial charge in [-0.2, -0.15) is 0 Å². The van der Waals surface area contributed by atoms with Gasteiger partial charge in [-0.25, -0.2) is 4.98 Å². The number of aromatic amines is 2. The minimum Gasteiger partial charge on any atom is -0.497 e. The first-order chi connectivity index (χ1) is 16.1. The number of H-pyrrole nitrogens is 2. The molecular formula is C25H27N3O5. The summed E-state index contributed by atoms with van der Waals surface area (Å²) in [4.78, 5) is 23.8. The van der Waals surface area contributed by atoms with E-state index >= 15 is 0 Å². The van der Waals surface area contributed by atoms with E-state index < -0.39 is 0 Å². The molecule has 8 nitrogen and oxygen atoms in total. The molecule has 5 rings (SSSR count). The fourth-order valence-electron chi connectivity index (χ4n) is 4.24. The Morgan fingerprint density at radius 3 is 2.79 bits per heavy atom. The normalized spacial score (nSPS) is 16.4. The summed E-state index contributed by atoms with van der Waals surface area (Å²) in [7, 11) is 3.09. The molecule has 0 aliphatic carbocycles. The van der Waals surface area contributed by atoms with Gasteiger partial charge in [0.05, 0.1) is 26.3 Å². The monoisotopic (exact) mass is 449 g/mol. The second-order valence-corrected chi connectivity index (χ2v) is 8.15. The number of aromatic nitrogens is 3. The highest BCUT2D eigenvalue weighted by Crippen LogP contribution is 2.29. The summed E-state index contributed by atoms with van der Waals surface area (Å²) in [5.41, 5.74) is 3.19. The van der Waals surface area contributed by atoms with Gasteiger partial charge in [-0.1, -0.05) is 0 Å². The molecule has 0 radical (unpaired) electrons. The lowest BCUT2D eigenvalue weighted by Gasteiger charge is -2.22. The Morgan fingerprint density at radius 2 is 2.00 bits per heavy atom. The first-order valence-corrected chi connectivity index (χ1v) is 11.2. The molecule has 0 saturated carbocycles. The van der Waals surface area contributed by atoms with Crippen LogP contribution in [0.15, 0.2) is 41.2 Å². The molecule has 2 aromatic carbocycles. The molecule has 2 aromatic heterocycles. The first-order valence-electron chi connectivity index (χ1n) is 11.2. The Kier molecular flexibility index (Phi) is 6.02. The smallest absolute Gasteiger partial charge is 0.262 e. The van der Waals surface area contributed by atoms with Gasteiger partial charge in [0.15, 0.2) is 6.29 Å². The second kappa shape index (κ2) is 9.25. The molecule has 33 heavy (non-hydrogen) atoms. The number of nitrogens with zero attached hydrogens (tertiary/aromatic N) is 1. The van der Waals surface area contributed by atoms with Crippen LogP contribution in [0.25, 0.3) is 33.2 Å². The van der Waals surface area contributed by atoms with E-state index in [1.807, 2.05) is 18.2 Å². The summed E-state index contributed by atoms with van der Waals surface area (Å²) in [5.74, 6) is 1.50. The lowest BCUT2D eigenvalue weighted by molar-refractivity contribution is -0.161. The molecule has 4 aromatic rings. The van der Waals surface area contributed by atoms with Crippen LogP contribution in [0.5, 0.6) is 11.5 Å². The van der Waals surface area contributed by atoms with Crippen LogP contribution in [0, 0.1) is 0 Å². The Labute approximate surface area is 190 Å². The van der Waals surface area contributed by atoms with Gasteiger partial charge in [0.1, 0.15) is 22.7 Å². The maximum absolute atomic E-state index is 12.8. The van der Waals surface area contributed by atoms with Gasteiger partial charge in [-0.3, -0.25) is 4.79 Å². The van der Waals surface area contributed by atoms with Crippen molar-refractivity contribution in [1.82, 2.24) is 15.0 Å². The maximum Gasteiger partial charge on any atom is 0.262 e. The molecule has 2 N–H and O–H groups in total. The maximum atomic E-state index is 12.8. The Bertz CT molecular complexity index is 1340. The number of nitrogens with one attached hydrogen (secondary N) is 2. The van der Waals surface area contributed by atoms with Crippen molar-refractivity contribution in [3.05, 3.63) is 52.4 Å². The molecule has 0 spiro atoms. The van der Waals surface area contributed by atoms with Crippen molar-refractivity contribution in [3.63, 3.8) is 0 Å². The van der Waals surface area contributed by atoms with Gasteiger partial charge >= 0.3 is 0 Å². The molecule has 0 bridgehead atoms. The Hall–Kier alpha value is -3.36. The minimum absolute atomic E-state index is 0.0808. The molecular weight excluding hydrogens is 422 g/mol. The number of fused-ring (bicyclic) bond motifs is 2. The number of hydrogen-bond donors (Lipinski definition) is 2. The fourth-order valence-corrected chi connectivity index (χ4v) is 4.24. The Balaban J connectivity index is 1.40.